The van der Waals surface area contributed by atoms with Crippen molar-refractivity contribution in [3.63, 3.8) is 0 Å². The van der Waals surface area contributed by atoms with Crippen molar-refractivity contribution in [2.24, 2.45) is 0 Å². The van der Waals surface area contributed by atoms with Gasteiger partial charge in [0.2, 0.25) is 0 Å². The Morgan fingerprint density at radius 1 is 1.00 bits per heavy atom. The van der Waals surface area contributed by atoms with Gasteiger partial charge in [0.15, 0.2) is 0 Å². The summed E-state index contributed by atoms with van der Waals surface area (Å²) in [5.74, 6) is 1.94. The number of Topliss-reactive ketones (excluding diaryl/α,β-unsaturated/α-hetero) is 1. The van der Waals surface area contributed by atoms with Crippen LogP contribution in [-0.4, -0.2) is 39.9 Å². The normalized spacial score (nSPS) is 14.0. The Kier molecular flexibility index (Phi) is 5.24. The molecule has 142 valence electrons. The van der Waals surface area contributed by atoms with Gasteiger partial charge in [-0.15, -0.1) is 11.3 Å². The molecule has 0 bridgehead atoms. The van der Waals surface area contributed by atoms with Crippen LogP contribution in [0.5, 0.6) is 0 Å². The number of hydrogen-bond donors (Lipinski definition) is 2. The van der Waals surface area contributed by atoms with Crippen molar-refractivity contribution in [1.29, 1.82) is 0 Å². The monoisotopic (exact) mass is 394 g/mol. The van der Waals surface area contributed by atoms with E-state index in [0.717, 1.165) is 16.4 Å². The van der Waals surface area contributed by atoms with E-state index in [9.17, 15) is 9.59 Å². The highest BCUT2D eigenvalue weighted by Gasteiger charge is 2.17. The van der Waals surface area contributed by atoms with Crippen LogP contribution in [0.25, 0.3) is 10.6 Å². The summed E-state index contributed by atoms with van der Waals surface area (Å²) in [6.07, 6.45) is 4.47. The van der Waals surface area contributed by atoms with E-state index in [2.05, 4.69) is 25.6 Å². The van der Waals surface area contributed by atoms with E-state index in [0.29, 0.717) is 37.6 Å². The minimum Gasteiger partial charge on any atom is -0.356 e. The summed E-state index contributed by atoms with van der Waals surface area (Å²) >= 11 is 1.44. The Bertz CT molecular complexity index is 981. The van der Waals surface area contributed by atoms with Crippen molar-refractivity contribution in [2.75, 3.05) is 28.6 Å². The molecule has 9 heteroatoms. The van der Waals surface area contributed by atoms with E-state index in [1.54, 1.807) is 23.8 Å². The van der Waals surface area contributed by atoms with Gasteiger partial charge in [-0.2, -0.15) is 0 Å². The lowest BCUT2D eigenvalue weighted by molar-refractivity contribution is -0.119. The predicted molar refractivity (Wildman–Crippen MR) is 109 cm³/mol. The third kappa shape index (κ3) is 4.32. The molecule has 1 aliphatic heterocycles. The maximum atomic E-state index is 12.3. The highest BCUT2D eigenvalue weighted by molar-refractivity contribution is 7.13. The largest absolute Gasteiger partial charge is 0.356 e. The summed E-state index contributed by atoms with van der Waals surface area (Å²) in [4.78, 5) is 38.6. The van der Waals surface area contributed by atoms with Gasteiger partial charge in [0.1, 0.15) is 28.2 Å². The highest BCUT2D eigenvalue weighted by Crippen LogP contribution is 2.25. The molecule has 0 aliphatic carbocycles. The molecule has 0 atom stereocenters. The molecule has 0 aromatic carbocycles. The lowest BCUT2D eigenvalue weighted by atomic mass is 10.1. The van der Waals surface area contributed by atoms with Crippen LogP contribution in [0.3, 0.4) is 0 Å². The van der Waals surface area contributed by atoms with Crippen LogP contribution in [0.4, 0.5) is 22.2 Å². The molecule has 3 aromatic heterocycles. The zero-order chi connectivity index (χ0) is 19.3. The number of urea groups is 1. The van der Waals surface area contributed by atoms with E-state index in [1.807, 2.05) is 29.2 Å². The predicted octanol–water partition coefficient (Wildman–Crippen LogP) is 3.41. The van der Waals surface area contributed by atoms with Gasteiger partial charge in [0, 0.05) is 49.3 Å². The fourth-order valence-corrected chi connectivity index (χ4v) is 3.63. The quantitative estimate of drug-likeness (QED) is 0.703. The second-order valence-electron chi connectivity index (χ2n) is 6.26. The van der Waals surface area contributed by atoms with Gasteiger partial charge in [-0.05, 0) is 24.3 Å². The lowest BCUT2D eigenvalue weighted by Gasteiger charge is -2.27. The highest BCUT2D eigenvalue weighted by atomic mass is 32.1. The summed E-state index contributed by atoms with van der Waals surface area (Å²) in [5, 5.41) is 8.03. The number of nitrogens with zero attached hydrogens (tertiary/aromatic N) is 4. The van der Waals surface area contributed by atoms with Gasteiger partial charge in [-0.25, -0.2) is 14.8 Å². The van der Waals surface area contributed by atoms with Crippen molar-refractivity contribution in [3.05, 3.63) is 48.1 Å². The number of hydrogen-bond acceptors (Lipinski definition) is 7. The topological polar surface area (TPSA) is 100 Å². The Balaban J connectivity index is 1.38. The van der Waals surface area contributed by atoms with Crippen LogP contribution < -0.4 is 15.5 Å². The number of anilines is 3. The second-order valence-corrected chi connectivity index (χ2v) is 7.12. The van der Waals surface area contributed by atoms with Gasteiger partial charge in [-0.3, -0.25) is 20.4 Å². The minimum absolute atomic E-state index is 0.277. The van der Waals surface area contributed by atoms with Crippen molar-refractivity contribution >= 4 is 40.6 Å². The van der Waals surface area contributed by atoms with Crippen LogP contribution in [0.15, 0.2) is 48.1 Å². The Labute approximate surface area is 165 Å². The summed E-state index contributed by atoms with van der Waals surface area (Å²) in [6.45, 7) is 1.30. The first-order chi connectivity index (χ1) is 13.7. The molecule has 1 saturated heterocycles. The van der Waals surface area contributed by atoms with E-state index in [4.69, 9.17) is 0 Å². The summed E-state index contributed by atoms with van der Waals surface area (Å²) in [5.41, 5.74) is 0.947. The van der Waals surface area contributed by atoms with Gasteiger partial charge in [0.25, 0.3) is 0 Å². The molecule has 1 aliphatic rings. The number of amides is 2. The second kappa shape index (κ2) is 8.13. The SMILES string of the molecule is O=C1CCN(c2cccc(NC(=O)Nc3csc(-c4ccncc4)n3)n2)CC1. The molecule has 0 saturated carbocycles. The first kappa shape index (κ1) is 18.1. The maximum absolute atomic E-state index is 12.3. The fourth-order valence-electron chi connectivity index (χ4n) is 2.88. The van der Waals surface area contributed by atoms with Crippen molar-refractivity contribution in [3.8, 4) is 10.6 Å². The van der Waals surface area contributed by atoms with E-state index in [1.165, 1.54) is 11.3 Å². The first-order valence-electron chi connectivity index (χ1n) is 8.85. The Hall–Kier alpha value is -3.33. The number of pyridine rings is 2. The zero-order valence-corrected chi connectivity index (χ0v) is 15.8. The standard InChI is InChI=1S/C19H18N6O2S/c26-14-6-10-25(11-7-14)17-3-1-2-15(21-17)23-19(27)24-16-12-28-18(22-16)13-4-8-20-9-5-13/h1-5,8-9,12H,6-7,10-11H2,(H2,21,23,24,27). The number of nitrogens with one attached hydrogen (secondary N) is 2. The third-order valence-corrected chi connectivity index (χ3v) is 5.19. The molecule has 4 heterocycles. The average molecular weight is 394 g/mol. The Morgan fingerprint density at radius 2 is 1.75 bits per heavy atom. The van der Waals surface area contributed by atoms with Crippen LogP contribution in [0, 0.1) is 0 Å². The molecule has 2 N–H and O–H groups in total. The molecular formula is C19H18N6O2S. The van der Waals surface area contributed by atoms with E-state index < -0.39 is 6.03 Å². The van der Waals surface area contributed by atoms with Crippen molar-refractivity contribution < 1.29 is 9.59 Å². The van der Waals surface area contributed by atoms with Crippen molar-refractivity contribution in [1.82, 2.24) is 15.0 Å². The smallest absolute Gasteiger partial charge is 0.326 e. The zero-order valence-electron chi connectivity index (χ0n) is 15.0. The molecule has 28 heavy (non-hydrogen) atoms. The number of ketones is 1. The average Bonchev–Trinajstić information content (AvgIpc) is 3.18. The fraction of sp³-hybridized carbons (Fsp3) is 0.211. The molecule has 2 amide bonds. The number of carbonyl (C=O) groups excluding carboxylic acids is 2. The van der Waals surface area contributed by atoms with Gasteiger partial charge in [-0.1, -0.05) is 6.07 Å². The van der Waals surface area contributed by atoms with Gasteiger partial charge in [0.05, 0.1) is 0 Å². The van der Waals surface area contributed by atoms with Crippen LogP contribution in [0.2, 0.25) is 0 Å². The minimum atomic E-state index is -0.412. The molecule has 0 radical (unpaired) electrons. The molecule has 8 nitrogen and oxygen atoms in total. The summed E-state index contributed by atoms with van der Waals surface area (Å²) in [7, 11) is 0. The third-order valence-electron chi connectivity index (χ3n) is 4.29. The van der Waals surface area contributed by atoms with Gasteiger partial charge < -0.3 is 4.90 Å². The van der Waals surface area contributed by atoms with Gasteiger partial charge >= 0.3 is 6.03 Å². The number of piperidine rings is 1. The van der Waals surface area contributed by atoms with E-state index >= 15 is 0 Å². The van der Waals surface area contributed by atoms with Crippen LogP contribution in [0.1, 0.15) is 12.8 Å². The number of thiazole rings is 1. The first-order valence-corrected chi connectivity index (χ1v) is 9.73. The molecular weight excluding hydrogens is 376 g/mol. The molecule has 4 rings (SSSR count). The van der Waals surface area contributed by atoms with Crippen LogP contribution >= 0.6 is 11.3 Å². The summed E-state index contributed by atoms with van der Waals surface area (Å²) in [6, 6.07) is 8.75. The number of carbonyl (C=O) groups is 2. The summed E-state index contributed by atoms with van der Waals surface area (Å²) < 4.78 is 0. The lowest BCUT2D eigenvalue weighted by Crippen LogP contribution is -2.34. The van der Waals surface area contributed by atoms with E-state index in [-0.39, 0.29) is 5.78 Å². The molecule has 0 unspecified atom stereocenters. The Morgan fingerprint density at radius 3 is 2.54 bits per heavy atom. The molecule has 1 fully saturated rings. The number of rotatable bonds is 4. The maximum Gasteiger partial charge on any atom is 0.326 e. The van der Waals surface area contributed by atoms with Crippen LogP contribution in [-0.2, 0) is 4.79 Å². The number of aromatic nitrogens is 3. The molecule has 0 spiro atoms. The van der Waals surface area contributed by atoms with Crippen molar-refractivity contribution in [2.45, 2.75) is 12.8 Å². The molecule has 3 aromatic rings.